The fourth-order valence-corrected chi connectivity index (χ4v) is 1.38. The quantitative estimate of drug-likeness (QED) is 0.571. The van der Waals surface area contributed by atoms with Gasteiger partial charge in [0, 0.05) is 0 Å². The van der Waals surface area contributed by atoms with Crippen LogP contribution in [-0.4, -0.2) is 39.5 Å². The molecule has 1 aromatic carbocycles. The van der Waals surface area contributed by atoms with E-state index in [1.165, 1.54) is 14.2 Å². The van der Waals surface area contributed by atoms with E-state index in [1.54, 1.807) is 18.2 Å². The van der Waals surface area contributed by atoms with Gasteiger partial charge in [0.15, 0.2) is 11.5 Å². The minimum absolute atomic E-state index is 0.181. The molecule has 92 valence electrons. The summed E-state index contributed by atoms with van der Waals surface area (Å²) in [7, 11) is 2.86. The Morgan fingerprint density at radius 1 is 1.41 bits per heavy atom. The van der Waals surface area contributed by atoms with E-state index in [4.69, 9.17) is 14.2 Å². The van der Waals surface area contributed by atoms with Crippen molar-refractivity contribution in [2.45, 2.75) is 6.10 Å². The molecule has 1 aromatic rings. The van der Waals surface area contributed by atoms with Gasteiger partial charge in [0.05, 0.1) is 26.4 Å². The molecular formula is C12H14O5. The van der Waals surface area contributed by atoms with Gasteiger partial charge in [-0.3, -0.25) is 0 Å². The van der Waals surface area contributed by atoms with Gasteiger partial charge in [0.2, 0.25) is 0 Å². The van der Waals surface area contributed by atoms with Crippen molar-refractivity contribution >= 4 is 5.97 Å². The topological polar surface area (TPSA) is 57.3 Å². The molecule has 0 amide bonds. The first-order valence-corrected chi connectivity index (χ1v) is 5.25. The van der Waals surface area contributed by atoms with Crippen molar-refractivity contribution < 1.29 is 23.7 Å². The van der Waals surface area contributed by atoms with Crippen molar-refractivity contribution in [2.75, 3.05) is 27.4 Å². The molecular weight excluding hydrogens is 224 g/mol. The zero-order valence-electron chi connectivity index (χ0n) is 9.76. The highest BCUT2D eigenvalue weighted by Gasteiger charge is 2.23. The summed E-state index contributed by atoms with van der Waals surface area (Å²) in [4.78, 5) is 11.3. The number of methoxy groups -OCH3 is 2. The number of hydrogen-bond donors (Lipinski definition) is 0. The van der Waals surface area contributed by atoms with Gasteiger partial charge in [0.25, 0.3) is 0 Å². The molecule has 2 rings (SSSR count). The highest BCUT2D eigenvalue weighted by Crippen LogP contribution is 2.29. The lowest BCUT2D eigenvalue weighted by Crippen LogP contribution is -2.06. The number of hydrogen-bond acceptors (Lipinski definition) is 5. The van der Waals surface area contributed by atoms with E-state index >= 15 is 0 Å². The van der Waals surface area contributed by atoms with Gasteiger partial charge in [-0.15, -0.1) is 0 Å². The molecule has 1 heterocycles. The van der Waals surface area contributed by atoms with Crippen LogP contribution in [0.2, 0.25) is 0 Å². The van der Waals surface area contributed by atoms with E-state index in [9.17, 15) is 4.79 Å². The van der Waals surface area contributed by atoms with Crippen molar-refractivity contribution in [1.29, 1.82) is 0 Å². The van der Waals surface area contributed by atoms with Crippen molar-refractivity contribution in [3.05, 3.63) is 23.8 Å². The van der Waals surface area contributed by atoms with Crippen LogP contribution in [0.25, 0.3) is 0 Å². The third-order valence-corrected chi connectivity index (χ3v) is 2.41. The van der Waals surface area contributed by atoms with Gasteiger partial charge >= 0.3 is 5.97 Å². The number of esters is 1. The summed E-state index contributed by atoms with van der Waals surface area (Å²) in [6.45, 7) is 1.23. The first kappa shape index (κ1) is 11.7. The van der Waals surface area contributed by atoms with E-state index < -0.39 is 5.97 Å². The number of carbonyl (C=O) groups is 1. The summed E-state index contributed by atoms with van der Waals surface area (Å²) >= 11 is 0. The first-order chi connectivity index (χ1) is 8.24. The Morgan fingerprint density at radius 3 is 2.76 bits per heavy atom. The van der Waals surface area contributed by atoms with Crippen LogP contribution >= 0.6 is 0 Å². The minimum atomic E-state index is -0.402. The maximum atomic E-state index is 11.3. The Hall–Kier alpha value is -1.75. The Balaban J connectivity index is 2.11. The average Bonchev–Trinajstić information content (AvgIpc) is 3.19. The van der Waals surface area contributed by atoms with E-state index in [-0.39, 0.29) is 6.10 Å². The summed E-state index contributed by atoms with van der Waals surface area (Å²) in [5.41, 5.74) is 0.430. The molecule has 1 atom stereocenters. The molecule has 0 aromatic heterocycles. The fraction of sp³-hybridized carbons (Fsp3) is 0.417. The maximum Gasteiger partial charge on any atom is 0.337 e. The highest BCUT2D eigenvalue weighted by atomic mass is 16.6. The molecule has 1 fully saturated rings. The van der Waals surface area contributed by atoms with E-state index in [0.29, 0.717) is 23.7 Å². The predicted molar refractivity (Wildman–Crippen MR) is 59.6 cm³/mol. The number of benzene rings is 1. The maximum absolute atomic E-state index is 11.3. The van der Waals surface area contributed by atoms with Gasteiger partial charge in [0.1, 0.15) is 12.7 Å². The summed E-state index contributed by atoms with van der Waals surface area (Å²) in [5.74, 6) is 0.699. The molecule has 0 N–H and O–H groups in total. The van der Waals surface area contributed by atoms with E-state index in [0.717, 1.165) is 6.61 Å². The monoisotopic (exact) mass is 238 g/mol. The number of carbonyl (C=O) groups excluding carboxylic acids is 1. The fourth-order valence-electron chi connectivity index (χ4n) is 1.38. The second-order valence-corrected chi connectivity index (χ2v) is 3.62. The van der Waals surface area contributed by atoms with Crippen LogP contribution < -0.4 is 9.47 Å². The highest BCUT2D eigenvalue weighted by molar-refractivity contribution is 5.90. The van der Waals surface area contributed by atoms with Crippen LogP contribution in [0.3, 0.4) is 0 Å². The second kappa shape index (κ2) is 5.05. The zero-order valence-corrected chi connectivity index (χ0v) is 9.76. The smallest absolute Gasteiger partial charge is 0.337 e. The van der Waals surface area contributed by atoms with Crippen molar-refractivity contribution in [1.82, 2.24) is 0 Å². The normalized spacial score (nSPS) is 17.4. The van der Waals surface area contributed by atoms with Crippen LogP contribution in [0, 0.1) is 0 Å². The molecule has 5 heteroatoms. The van der Waals surface area contributed by atoms with Gasteiger partial charge in [-0.25, -0.2) is 4.79 Å². The molecule has 0 spiro atoms. The van der Waals surface area contributed by atoms with Gasteiger partial charge in [-0.2, -0.15) is 0 Å². The van der Waals surface area contributed by atoms with Crippen LogP contribution in [0.1, 0.15) is 10.4 Å². The van der Waals surface area contributed by atoms with Crippen molar-refractivity contribution in [3.8, 4) is 11.5 Å². The largest absolute Gasteiger partial charge is 0.493 e. The second-order valence-electron chi connectivity index (χ2n) is 3.62. The third kappa shape index (κ3) is 2.88. The lowest BCUT2D eigenvalue weighted by Gasteiger charge is -2.10. The van der Waals surface area contributed by atoms with Crippen LogP contribution in [-0.2, 0) is 9.47 Å². The van der Waals surface area contributed by atoms with Crippen LogP contribution in [0.15, 0.2) is 18.2 Å². The SMILES string of the molecule is COC(=O)c1ccc(OC[C@H]2CO2)c(OC)c1. The average molecular weight is 238 g/mol. The summed E-state index contributed by atoms with van der Waals surface area (Å²) in [6, 6.07) is 4.92. The lowest BCUT2D eigenvalue weighted by molar-refractivity contribution is 0.0600. The molecule has 1 saturated heterocycles. The molecule has 1 aliphatic heterocycles. The molecule has 0 unspecified atom stereocenters. The van der Waals surface area contributed by atoms with Crippen molar-refractivity contribution in [2.24, 2.45) is 0 Å². The van der Waals surface area contributed by atoms with E-state index in [2.05, 4.69) is 4.74 Å². The first-order valence-electron chi connectivity index (χ1n) is 5.25. The molecule has 0 bridgehead atoms. The summed E-state index contributed by atoms with van der Waals surface area (Å²) in [6.07, 6.45) is 0.181. The summed E-state index contributed by atoms with van der Waals surface area (Å²) < 4.78 is 20.3. The molecule has 17 heavy (non-hydrogen) atoms. The Labute approximate surface area is 99.2 Å². The standard InChI is InChI=1S/C12H14O5/c1-14-11-5-8(12(13)15-2)3-4-10(11)17-7-9-6-16-9/h3-5,9H,6-7H2,1-2H3/t9-/m1/s1. The van der Waals surface area contributed by atoms with Crippen LogP contribution in [0.4, 0.5) is 0 Å². The number of ether oxygens (including phenoxy) is 4. The third-order valence-electron chi connectivity index (χ3n) is 2.41. The summed E-state index contributed by atoms with van der Waals surface area (Å²) in [5, 5.41) is 0. The van der Waals surface area contributed by atoms with Crippen LogP contribution in [0.5, 0.6) is 11.5 Å². The zero-order chi connectivity index (χ0) is 12.3. The molecule has 0 radical (unpaired) electrons. The van der Waals surface area contributed by atoms with E-state index in [1.807, 2.05) is 0 Å². The Morgan fingerprint density at radius 2 is 2.18 bits per heavy atom. The molecule has 1 aliphatic rings. The van der Waals surface area contributed by atoms with Gasteiger partial charge in [-0.05, 0) is 18.2 Å². The Bertz CT molecular complexity index is 411. The minimum Gasteiger partial charge on any atom is -0.493 e. The molecule has 5 nitrogen and oxygen atoms in total. The number of rotatable bonds is 5. The molecule has 0 saturated carbocycles. The molecule has 0 aliphatic carbocycles. The number of epoxide rings is 1. The van der Waals surface area contributed by atoms with Gasteiger partial charge < -0.3 is 18.9 Å². The van der Waals surface area contributed by atoms with Gasteiger partial charge in [-0.1, -0.05) is 0 Å². The predicted octanol–water partition coefficient (Wildman–Crippen LogP) is 1.26. The lowest BCUT2D eigenvalue weighted by atomic mass is 10.2. The Kier molecular flexibility index (Phi) is 3.49. The van der Waals surface area contributed by atoms with Crippen molar-refractivity contribution in [3.63, 3.8) is 0 Å².